The molecule has 0 radical (unpaired) electrons. The molecular weight excluding hydrogens is 270 g/mol. The summed E-state index contributed by atoms with van der Waals surface area (Å²) >= 11 is 0. The fraction of sp³-hybridized carbons (Fsp3) is 0.429. The molecule has 0 saturated carbocycles. The van der Waals surface area contributed by atoms with Crippen LogP contribution in [0.15, 0.2) is 18.3 Å². The van der Waals surface area contributed by atoms with Crippen LogP contribution in [0.4, 0.5) is 0 Å². The molecule has 110 valence electrons. The monoisotopic (exact) mass is 287 g/mol. The third-order valence-corrected chi connectivity index (χ3v) is 3.51. The molecule has 1 unspecified atom stereocenters. The molecule has 21 heavy (non-hydrogen) atoms. The SMILES string of the molecule is COc1ccc(C(=O)NC2CCc3nc(C)nn3C2)cn1. The summed E-state index contributed by atoms with van der Waals surface area (Å²) in [6.07, 6.45) is 3.21. The molecule has 2 aromatic heterocycles. The van der Waals surface area contributed by atoms with Crippen LogP contribution in [0, 0.1) is 6.92 Å². The van der Waals surface area contributed by atoms with Crippen molar-refractivity contribution in [3.8, 4) is 5.88 Å². The van der Waals surface area contributed by atoms with Gasteiger partial charge in [0, 0.05) is 24.7 Å². The molecule has 1 aliphatic rings. The topological polar surface area (TPSA) is 81.9 Å². The lowest BCUT2D eigenvalue weighted by atomic mass is 10.1. The van der Waals surface area contributed by atoms with Gasteiger partial charge in [-0.05, 0) is 19.4 Å². The van der Waals surface area contributed by atoms with E-state index in [0.717, 1.165) is 24.5 Å². The number of nitrogens with zero attached hydrogens (tertiary/aromatic N) is 4. The average molecular weight is 287 g/mol. The quantitative estimate of drug-likeness (QED) is 0.900. The number of aromatic nitrogens is 4. The van der Waals surface area contributed by atoms with Crippen molar-refractivity contribution in [1.82, 2.24) is 25.1 Å². The Morgan fingerprint density at radius 3 is 3.05 bits per heavy atom. The van der Waals surface area contributed by atoms with Crippen LogP contribution in [0.1, 0.15) is 28.4 Å². The van der Waals surface area contributed by atoms with E-state index in [1.807, 2.05) is 11.6 Å². The van der Waals surface area contributed by atoms with Gasteiger partial charge in [-0.25, -0.2) is 14.6 Å². The van der Waals surface area contributed by atoms with Crippen molar-refractivity contribution in [2.75, 3.05) is 7.11 Å². The van der Waals surface area contributed by atoms with Gasteiger partial charge in [-0.3, -0.25) is 4.79 Å². The summed E-state index contributed by atoms with van der Waals surface area (Å²) in [7, 11) is 1.54. The van der Waals surface area contributed by atoms with Crippen LogP contribution in [-0.4, -0.2) is 38.8 Å². The van der Waals surface area contributed by atoms with Gasteiger partial charge in [0.25, 0.3) is 5.91 Å². The maximum absolute atomic E-state index is 12.2. The van der Waals surface area contributed by atoms with Crippen LogP contribution >= 0.6 is 0 Å². The van der Waals surface area contributed by atoms with Gasteiger partial charge >= 0.3 is 0 Å². The van der Waals surface area contributed by atoms with E-state index >= 15 is 0 Å². The lowest BCUT2D eigenvalue weighted by Crippen LogP contribution is -2.41. The number of ether oxygens (including phenoxy) is 1. The lowest BCUT2D eigenvalue weighted by molar-refractivity contribution is 0.0926. The molecule has 0 fully saturated rings. The van der Waals surface area contributed by atoms with E-state index in [4.69, 9.17) is 4.74 Å². The Kier molecular flexibility index (Phi) is 3.55. The predicted octanol–water partition coefficient (Wildman–Crippen LogP) is 0.735. The van der Waals surface area contributed by atoms with Crippen LogP contribution in [0.2, 0.25) is 0 Å². The zero-order chi connectivity index (χ0) is 14.8. The first-order chi connectivity index (χ1) is 10.2. The fourth-order valence-electron chi connectivity index (χ4n) is 2.46. The molecule has 0 bridgehead atoms. The zero-order valence-corrected chi connectivity index (χ0v) is 12.0. The summed E-state index contributed by atoms with van der Waals surface area (Å²) in [5, 5.41) is 7.34. The maximum Gasteiger partial charge on any atom is 0.253 e. The normalized spacial score (nSPS) is 17.1. The molecule has 0 aliphatic carbocycles. The Labute approximate surface area is 122 Å². The molecular formula is C14H17N5O2. The van der Waals surface area contributed by atoms with E-state index < -0.39 is 0 Å². The smallest absolute Gasteiger partial charge is 0.253 e. The molecule has 1 N–H and O–H groups in total. The number of methoxy groups -OCH3 is 1. The van der Waals surface area contributed by atoms with E-state index in [9.17, 15) is 4.79 Å². The molecule has 7 nitrogen and oxygen atoms in total. The van der Waals surface area contributed by atoms with Gasteiger partial charge in [0.1, 0.15) is 11.6 Å². The van der Waals surface area contributed by atoms with Gasteiger partial charge in [-0.15, -0.1) is 0 Å². The van der Waals surface area contributed by atoms with E-state index in [-0.39, 0.29) is 11.9 Å². The van der Waals surface area contributed by atoms with Crippen LogP contribution in [-0.2, 0) is 13.0 Å². The number of carbonyl (C=O) groups is 1. The number of rotatable bonds is 3. The number of carbonyl (C=O) groups excluding carboxylic acids is 1. The minimum atomic E-state index is -0.129. The van der Waals surface area contributed by atoms with E-state index in [1.165, 1.54) is 6.20 Å². The summed E-state index contributed by atoms with van der Waals surface area (Å²) in [6.45, 7) is 2.54. The van der Waals surface area contributed by atoms with Crippen molar-refractivity contribution in [3.05, 3.63) is 35.5 Å². The first-order valence-corrected chi connectivity index (χ1v) is 6.87. The van der Waals surface area contributed by atoms with Crippen molar-refractivity contribution in [2.24, 2.45) is 0 Å². The van der Waals surface area contributed by atoms with Crippen molar-refractivity contribution in [1.29, 1.82) is 0 Å². The maximum atomic E-state index is 12.2. The molecule has 1 aliphatic heterocycles. The minimum Gasteiger partial charge on any atom is -0.481 e. The molecule has 0 spiro atoms. The summed E-state index contributed by atoms with van der Waals surface area (Å²) < 4.78 is 6.85. The molecule has 0 saturated heterocycles. The Balaban J connectivity index is 1.65. The number of amides is 1. The second kappa shape index (κ2) is 5.51. The van der Waals surface area contributed by atoms with Gasteiger partial charge in [-0.1, -0.05) is 0 Å². The highest BCUT2D eigenvalue weighted by Gasteiger charge is 2.22. The molecule has 3 rings (SSSR count). The third-order valence-electron chi connectivity index (χ3n) is 3.51. The molecule has 1 atom stereocenters. The number of nitrogens with one attached hydrogen (secondary N) is 1. The Morgan fingerprint density at radius 1 is 1.48 bits per heavy atom. The van der Waals surface area contributed by atoms with E-state index in [2.05, 4.69) is 20.4 Å². The van der Waals surface area contributed by atoms with Gasteiger partial charge in [0.2, 0.25) is 5.88 Å². The second-order valence-electron chi connectivity index (χ2n) is 5.06. The van der Waals surface area contributed by atoms with Gasteiger partial charge in [0.05, 0.1) is 19.2 Å². The Hall–Kier alpha value is -2.44. The van der Waals surface area contributed by atoms with E-state index in [0.29, 0.717) is 18.0 Å². The zero-order valence-electron chi connectivity index (χ0n) is 12.0. The molecule has 3 heterocycles. The predicted molar refractivity (Wildman–Crippen MR) is 75.1 cm³/mol. The van der Waals surface area contributed by atoms with Crippen molar-refractivity contribution < 1.29 is 9.53 Å². The van der Waals surface area contributed by atoms with Crippen molar-refractivity contribution in [3.63, 3.8) is 0 Å². The summed E-state index contributed by atoms with van der Waals surface area (Å²) in [5.41, 5.74) is 0.524. The lowest BCUT2D eigenvalue weighted by Gasteiger charge is -2.23. The van der Waals surface area contributed by atoms with Gasteiger partial charge < -0.3 is 10.1 Å². The Bertz CT molecular complexity index is 650. The number of aryl methyl sites for hydroxylation is 2. The highest BCUT2D eigenvalue weighted by Crippen LogP contribution is 2.14. The summed E-state index contributed by atoms with van der Waals surface area (Å²) in [4.78, 5) is 20.6. The Morgan fingerprint density at radius 2 is 2.33 bits per heavy atom. The van der Waals surface area contributed by atoms with Gasteiger partial charge in [-0.2, -0.15) is 5.10 Å². The number of pyridine rings is 1. The fourth-order valence-corrected chi connectivity index (χ4v) is 2.46. The van der Waals surface area contributed by atoms with E-state index in [1.54, 1.807) is 19.2 Å². The minimum absolute atomic E-state index is 0.0631. The van der Waals surface area contributed by atoms with Crippen LogP contribution < -0.4 is 10.1 Å². The van der Waals surface area contributed by atoms with Crippen LogP contribution in [0.25, 0.3) is 0 Å². The first-order valence-electron chi connectivity index (χ1n) is 6.87. The van der Waals surface area contributed by atoms with Crippen molar-refractivity contribution in [2.45, 2.75) is 32.4 Å². The third kappa shape index (κ3) is 2.86. The largest absolute Gasteiger partial charge is 0.481 e. The molecule has 0 aromatic carbocycles. The standard InChI is InChI=1S/C14H17N5O2/c1-9-16-12-5-4-11(8-19(12)18-9)17-14(20)10-3-6-13(21-2)15-7-10/h3,6-7,11H,4-5,8H2,1-2H3,(H,17,20). The van der Waals surface area contributed by atoms with Crippen LogP contribution in [0.3, 0.4) is 0 Å². The van der Waals surface area contributed by atoms with Gasteiger partial charge in [0.15, 0.2) is 0 Å². The number of hydrogen-bond acceptors (Lipinski definition) is 5. The summed E-state index contributed by atoms with van der Waals surface area (Å²) in [5.74, 6) is 2.13. The molecule has 1 amide bonds. The first kappa shape index (κ1) is 13.5. The average Bonchev–Trinajstić information content (AvgIpc) is 2.86. The summed E-state index contributed by atoms with van der Waals surface area (Å²) in [6, 6.07) is 3.44. The molecule has 7 heteroatoms. The number of hydrogen-bond donors (Lipinski definition) is 1. The highest BCUT2D eigenvalue weighted by molar-refractivity contribution is 5.94. The molecule has 2 aromatic rings. The number of fused-ring (bicyclic) bond motifs is 1. The van der Waals surface area contributed by atoms with Crippen molar-refractivity contribution >= 4 is 5.91 Å². The highest BCUT2D eigenvalue weighted by atomic mass is 16.5. The van der Waals surface area contributed by atoms with Crippen LogP contribution in [0.5, 0.6) is 5.88 Å². The second-order valence-corrected chi connectivity index (χ2v) is 5.06.